The van der Waals surface area contributed by atoms with Crippen LogP contribution in [-0.2, 0) is 44.4 Å². The average molecular weight is 209 g/mol. The van der Waals surface area contributed by atoms with Crippen molar-refractivity contribution in [3.63, 3.8) is 0 Å². The number of rotatable bonds is 0. The van der Waals surface area contributed by atoms with Crippen LogP contribution in [0.25, 0.3) is 0 Å². The van der Waals surface area contributed by atoms with E-state index in [0.717, 1.165) is 0 Å². The van der Waals surface area contributed by atoms with Crippen LogP contribution in [0.4, 0.5) is 4.79 Å². The molecule has 0 aliphatic carbocycles. The predicted octanol–water partition coefficient (Wildman–Crippen LogP) is 0.0986. The van der Waals surface area contributed by atoms with E-state index in [1.807, 2.05) is 0 Å². The molecular weight excluding hydrogens is 207 g/mol. The van der Waals surface area contributed by atoms with Gasteiger partial charge in [0.25, 0.3) is 0 Å². The number of carboxylic acid groups (broad SMARTS) is 2. The van der Waals surface area contributed by atoms with E-state index < -0.39 is 6.16 Å². The summed E-state index contributed by atoms with van der Waals surface area (Å²) in [5.74, 6) is 0. The molecule has 0 radical (unpaired) electrons. The monoisotopic (exact) mass is 206 g/mol. The Balaban J connectivity index is -0.0000000150. The van der Waals surface area contributed by atoms with Crippen molar-refractivity contribution in [3.8, 4) is 0 Å². The van der Waals surface area contributed by atoms with E-state index in [4.69, 9.17) is 15.0 Å². The first-order valence-corrected chi connectivity index (χ1v) is 0.651. The maximum absolute atomic E-state index is 8.56. The molecule has 0 aliphatic rings. The minimum Gasteiger partial charge on any atom is -2.00 e. The van der Waals surface area contributed by atoms with Crippen LogP contribution in [0.3, 0.4) is 0 Å². The minimum atomic E-state index is -1.83. The van der Waals surface area contributed by atoms with E-state index in [-0.39, 0.29) is 44.4 Å². The summed E-state index contributed by atoms with van der Waals surface area (Å²) in [6.07, 6.45) is -1.83. The van der Waals surface area contributed by atoms with Crippen molar-refractivity contribution < 1.29 is 59.4 Å². The Bertz CT molecular complexity index is 32.7. The first-order chi connectivity index (χ1) is 1.73. The maximum atomic E-state index is 8.56. The molecule has 0 aliphatic heterocycles. The molecule has 7 heavy (non-hydrogen) atoms. The Labute approximate surface area is 65.7 Å². The summed E-state index contributed by atoms with van der Waals surface area (Å²) in [7, 11) is 0. The third-order valence-electron chi connectivity index (χ3n) is 0. The second kappa shape index (κ2) is 16.1. The van der Waals surface area contributed by atoms with Crippen molar-refractivity contribution in [2.45, 2.75) is 0 Å². The molecule has 0 rings (SSSR count). The van der Waals surface area contributed by atoms with E-state index in [1.54, 1.807) is 0 Å². The van der Waals surface area contributed by atoms with Gasteiger partial charge in [-0.25, -0.2) is 4.79 Å². The predicted molar refractivity (Wildman–Crippen MR) is 11.3 cm³/mol. The molecule has 0 aromatic heterocycles. The van der Waals surface area contributed by atoms with Crippen LogP contribution in [0.15, 0.2) is 0 Å². The van der Waals surface area contributed by atoms with Gasteiger partial charge in [-0.1, -0.05) is 0 Å². The number of hydrogen-bond acceptors (Lipinski definition) is 1. The average Bonchev–Trinajstić information content (AvgIpc) is 0.811. The molecule has 32 valence electrons. The van der Waals surface area contributed by atoms with Crippen LogP contribution >= 0.6 is 0 Å². The Kier molecular flexibility index (Phi) is 59.6. The Hall–Kier alpha value is 0.477. The van der Waals surface area contributed by atoms with E-state index >= 15 is 0 Å². The van der Waals surface area contributed by atoms with Crippen LogP contribution in [0.2, 0.25) is 0 Å². The van der Waals surface area contributed by atoms with Crippen molar-refractivity contribution in [2.24, 2.45) is 0 Å². The molecule has 0 amide bonds. The largest absolute Gasteiger partial charge is 2.00 e. The molecular formula is CH2O4Zn2+2. The van der Waals surface area contributed by atoms with Gasteiger partial charge in [0.05, 0.1) is 0 Å². The Morgan fingerprint density at radius 3 is 1.14 bits per heavy atom. The normalized spacial score (nSPS) is 3.43. The van der Waals surface area contributed by atoms with Gasteiger partial charge in [-0.05, 0) is 0 Å². The van der Waals surface area contributed by atoms with E-state index in [9.17, 15) is 0 Å². The molecule has 4 nitrogen and oxygen atoms in total. The molecule has 0 atom stereocenters. The quantitative estimate of drug-likeness (QED) is 0.554. The van der Waals surface area contributed by atoms with Gasteiger partial charge in [-0.2, -0.15) is 0 Å². The first-order valence-electron chi connectivity index (χ1n) is 0.651. The van der Waals surface area contributed by atoms with Crippen LogP contribution in [0.5, 0.6) is 0 Å². The zero-order valence-corrected chi connectivity index (χ0v) is 9.56. The minimum absolute atomic E-state index is 0. The zero-order chi connectivity index (χ0) is 3.58. The second-order valence-corrected chi connectivity index (χ2v) is 0.283. The Morgan fingerprint density at radius 2 is 1.14 bits per heavy atom. The first kappa shape index (κ1) is 25.9. The molecule has 0 unspecified atom stereocenters. The molecule has 0 aromatic rings. The molecule has 2 N–H and O–H groups in total. The van der Waals surface area contributed by atoms with Crippen LogP contribution < -0.4 is 0 Å². The summed E-state index contributed by atoms with van der Waals surface area (Å²) < 4.78 is 0. The van der Waals surface area contributed by atoms with Crippen molar-refractivity contribution >= 4 is 6.16 Å². The van der Waals surface area contributed by atoms with Crippen LogP contribution in [-0.4, -0.2) is 16.4 Å². The Morgan fingerprint density at radius 1 is 1.14 bits per heavy atom. The van der Waals surface area contributed by atoms with E-state index in [2.05, 4.69) is 0 Å². The standard InChI is InChI=1S/CH2O3.O.2Zn/c2-1(3)4;;;/h(H2,2,3,4);;;/q;-2;2*+2. The number of hydrogen-bond donors (Lipinski definition) is 2. The summed E-state index contributed by atoms with van der Waals surface area (Å²) in [5, 5.41) is 13.9. The van der Waals surface area contributed by atoms with Crippen molar-refractivity contribution in [1.29, 1.82) is 0 Å². The van der Waals surface area contributed by atoms with Crippen LogP contribution in [0.1, 0.15) is 0 Å². The van der Waals surface area contributed by atoms with Crippen LogP contribution in [0, 0.1) is 0 Å². The molecule has 0 spiro atoms. The third-order valence-corrected chi connectivity index (χ3v) is 0. The van der Waals surface area contributed by atoms with E-state index in [0.29, 0.717) is 0 Å². The van der Waals surface area contributed by atoms with Gasteiger partial charge in [-0.3, -0.25) is 0 Å². The third kappa shape index (κ3) is 571. The van der Waals surface area contributed by atoms with Gasteiger partial charge in [-0.15, -0.1) is 0 Å². The van der Waals surface area contributed by atoms with Crippen molar-refractivity contribution in [3.05, 3.63) is 0 Å². The fourth-order valence-corrected chi connectivity index (χ4v) is 0. The van der Waals surface area contributed by atoms with Gasteiger partial charge >= 0.3 is 45.1 Å². The second-order valence-electron chi connectivity index (χ2n) is 0.283. The zero-order valence-electron chi connectivity index (χ0n) is 3.63. The van der Waals surface area contributed by atoms with Crippen molar-refractivity contribution in [1.82, 2.24) is 0 Å². The SMILES string of the molecule is O=C(O)O.[O-2].[Zn+2].[Zn+2]. The van der Waals surface area contributed by atoms with Gasteiger partial charge in [0.15, 0.2) is 0 Å². The fourth-order valence-electron chi connectivity index (χ4n) is 0. The smallest absolute Gasteiger partial charge is 2.00 e. The summed E-state index contributed by atoms with van der Waals surface area (Å²) in [5.41, 5.74) is 0. The van der Waals surface area contributed by atoms with Gasteiger partial charge in [0.2, 0.25) is 0 Å². The van der Waals surface area contributed by atoms with Crippen molar-refractivity contribution in [2.75, 3.05) is 0 Å². The molecule has 0 heterocycles. The maximum Gasteiger partial charge on any atom is 2.00 e. The summed E-state index contributed by atoms with van der Waals surface area (Å²) in [6, 6.07) is 0. The summed E-state index contributed by atoms with van der Waals surface area (Å²) in [4.78, 5) is 8.56. The molecule has 0 aromatic carbocycles. The molecule has 0 bridgehead atoms. The molecule has 0 saturated carbocycles. The number of carbonyl (C=O) groups is 1. The van der Waals surface area contributed by atoms with Gasteiger partial charge < -0.3 is 15.7 Å². The fraction of sp³-hybridized carbons (Fsp3) is 0. The molecule has 0 fully saturated rings. The van der Waals surface area contributed by atoms with Gasteiger partial charge in [0, 0.05) is 0 Å². The molecule has 6 heteroatoms. The molecule has 0 saturated heterocycles. The van der Waals surface area contributed by atoms with Gasteiger partial charge in [0.1, 0.15) is 0 Å². The topological polar surface area (TPSA) is 86.0 Å². The summed E-state index contributed by atoms with van der Waals surface area (Å²) in [6.45, 7) is 0. The summed E-state index contributed by atoms with van der Waals surface area (Å²) >= 11 is 0. The van der Waals surface area contributed by atoms with E-state index in [1.165, 1.54) is 0 Å².